The van der Waals surface area contributed by atoms with Gasteiger partial charge in [0, 0.05) is 25.7 Å². The Morgan fingerprint density at radius 3 is 2.86 bits per heavy atom. The lowest BCUT2D eigenvalue weighted by Crippen LogP contribution is -2.33. The molecule has 0 atom stereocenters. The smallest absolute Gasteiger partial charge is 0.230 e. The normalized spacial score (nSPS) is 15.9. The zero-order valence-electron chi connectivity index (χ0n) is 13.1. The molecule has 122 valence electrons. The third kappa shape index (κ3) is 5.32. The van der Waals surface area contributed by atoms with Crippen LogP contribution in [-0.4, -0.2) is 41.3 Å². The molecule has 1 saturated heterocycles. The molecule has 1 aromatic heterocycles. The van der Waals surface area contributed by atoms with Crippen LogP contribution in [-0.2, 0) is 4.79 Å². The average Bonchev–Trinajstić information content (AvgIpc) is 2.51. The number of hydrogen-bond acceptors (Lipinski definition) is 5. The lowest BCUT2D eigenvalue weighted by molar-refractivity contribution is -0.118. The van der Waals surface area contributed by atoms with Crippen LogP contribution in [0.5, 0.6) is 0 Å². The fourth-order valence-electron chi connectivity index (χ4n) is 2.30. The summed E-state index contributed by atoms with van der Waals surface area (Å²) in [4.78, 5) is 22.7. The topological polar surface area (TPSA) is 58.1 Å². The van der Waals surface area contributed by atoms with Crippen molar-refractivity contribution in [3.05, 3.63) is 11.2 Å². The Morgan fingerprint density at radius 1 is 1.45 bits per heavy atom. The third-order valence-corrected chi connectivity index (χ3v) is 4.71. The summed E-state index contributed by atoms with van der Waals surface area (Å²) in [5.41, 5.74) is 0. The van der Waals surface area contributed by atoms with Crippen molar-refractivity contribution in [1.29, 1.82) is 0 Å². The van der Waals surface area contributed by atoms with Gasteiger partial charge in [0.1, 0.15) is 11.0 Å². The molecule has 1 amide bonds. The number of hydrogen-bond donors (Lipinski definition) is 1. The largest absolute Gasteiger partial charge is 0.356 e. The molecule has 5 nitrogen and oxygen atoms in total. The molecule has 2 rings (SSSR count). The Hall–Kier alpha value is -1.01. The SMILES string of the molecule is CCCNC(=O)CSc1nc(Cl)cc(N2CCC(C)CC2)n1. The van der Waals surface area contributed by atoms with Crippen molar-refractivity contribution in [2.24, 2.45) is 5.92 Å². The van der Waals surface area contributed by atoms with Crippen LogP contribution in [0.4, 0.5) is 5.82 Å². The summed E-state index contributed by atoms with van der Waals surface area (Å²) in [7, 11) is 0. The highest BCUT2D eigenvalue weighted by atomic mass is 35.5. The predicted molar refractivity (Wildman–Crippen MR) is 91.7 cm³/mol. The minimum atomic E-state index is 0.00349. The summed E-state index contributed by atoms with van der Waals surface area (Å²) >= 11 is 7.43. The van der Waals surface area contributed by atoms with Crippen LogP contribution in [0.25, 0.3) is 0 Å². The monoisotopic (exact) mass is 342 g/mol. The lowest BCUT2D eigenvalue weighted by Gasteiger charge is -2.31. The van der Waals surface area contributed by atoms with Gasteiger partial charge in [0.05, 0.1) is 5.75 Å². The Morgan fingerprint density at radius 2 is 2.18 bits per heavy atom. The van der Waals surface area contributed by atoms with E-state index in [0.29, 0.717) is 22.6 Å². The molecule has 22 heavy (non-hydrogen) atoms. The Bertz CT molecular complexity index is 506. The van der Waals surface area contributed by atoms with Gasteiger partial charge < -0.3 is 10.2 Å². The summed E-state index contributed by atoms with van der Waals surface area (Å²) in [5.74, 6) is 1.95. The van der Waals surface area contributed by atoms with Gasteiger partial charge >= 0.3 is 0 Å². The molecule has 1 fully saturated rings. The molecule has 1 aliphatic heterocycles. The molecule has 0 saturated carbocycles. The van der Waals surface area contributed by atoms with Gasteiger partial charge in [-0.2, -0.15) is 0 Å². The van der Waals surface area contributed by atoms with Crippen molar-refractivity contribution in [3.8, 4) is 0 Å². The summed E-state index contributed by atoms with van der Waals surface area (Å²) in [6.07, 6.45) is 3.27. The highest BCUT2D eigenvalue weighted by Crippen LogP contribution is 2.25. The van der Waals surface area contributed by atoms with Crippen molar-refractivity contribution >= 4 is 35.1 Å². The van der Waals surface area contributed by atoms with Gasteiger partial charge in [0.15, 0.2) is 5.16 Å². The maximum atomic E-state index is 11.7. The van der Waals surface area contributed by atoms with Gasteiger partial charge in [-0.15, -0.1) is 0 Å². The number of aromatic nitrogens is 2. The maximum absolute atomic E-state index is 11.7. The quantitative estimate of drug-likeness (QED) is 0.489. The maximum Gasteiger partial charge on any atom is 0.230 e. The fraction of sp³-hybridized carbons (Fsp3) is 0.667. The van der Waals surface area contributed by atoms with Crippen LogP contribution < -0.4 is 10.2 Å². The van der Waals surface area contributed by atoms with Gasteiger partial charge in [-0.25, -0.2) is 9.97 Å². The first-order chi connectivity index (χ1) is 10.6. The van der Waals surface area contributed by atoms with Crippen molar-refractivity contribution in [2.45, 2.75) is 38.3 Å². The number of anilines is 1. The molecule has 1 aliphatic rings. The van der Waals surface area contributed by atoms with Crippen LogP contribution in [0.1, 0.15) is 33.1 Å². The zero-order valence-corrected chi connectivity index (χ0v) is 14.7. The molecule has 0 aromatic carbocycles. The summed E-state index contributed by atoms with van der Waals surface area (Å²) in [6, 6.07) is 1.80. The number of halogens is 1. The average molecular weight is 343 g/mol. The van der Waals surface area contributed by atoms with Gasteiger partial charge in [0.2, 0.25) is 5.91 Å². The molecule has 0 radical (unpaired) electrons. The zero-order chi connectivity index (χ0) is 15.9. The number of carbonyl (C=O) groups is 1. The summed E-state index contributed by atoms with van der Waals surface area (Å²) in [6.45, 7) is 7.00. The number of rotatable bonds is 6. The molecular weight excluding hydrogens is 320 g/mol. The van der Waals surface area contributed by atoms with Gasteiger partial charge in [-0.3, -0.25) is 4.79 Å². The molecule has 0 bridgehead atoms. The van der Waals surface area contributed by atoms with Crippen LogP contribution in [0.2, 0.25) is 5.15 Å². The molecule has 7 heteroatoms. The highest BCUT2D eigenvalue weighted by Gasteiger charge is 2.18. The van der Waals surface area contributed by atoms with Crippen LogP contribution in [0, 0.1) is 5.92 Å². The second kappa shape index (κ2) is 8.58. The standard InChI is InChI=1S/C15H23ClN4OS/c1-3-6-17-14(21)10-22-15-18-12(16)9-13(19-15)20-7-4-11(2)5-8-20/h9,11H,3-8,10H2,1-2H3,(H,17,21). The first kappa shape index (κ1) is 17.3. The molecule has 0 aliphatic carbocycles. The van der Waals surface area contributed by atoms with Crippen LogP contribution >= 0.6 is 23.4 Å². The first-order valence-electron chi connectivity index (χ1n) is 7.77. The van der Waals surface area contributed by atoms with Gasteiger partial charge in [-0.1, -0.05) is 37.2 Å². The fourth-order valence-corrected chi connectivity index (χ4v) is 3.21. The summed E-state index contributed by atoms with van der Waals surface area (Å²) in [5, 5.41) is 3.83. The van der Waals surface area contributed by atoms with E-state index in [1.165, 1.54) is 24.6 Å². The Labute approximate surface area is 141 Å². The van der Waals surface area contributed by atoms with E-state index < -0.39 is 0 Å². The van der Waals surface area contributed by atoms with Crippen molar-refractivity contribution in [1.82, 2.24) is 15.3 Å². The molecule has 0 unspecified atom stereocenters. The van der Waals surface area contributed by atoms with E-state index in [-0.39, 0.29) is 5.91 Å². The van der Waals surface area contributed by atoms with Crippen LogP contribution in [0.15, 0.2) is 11.2 Å². The van der Waals surface area contributed by atoms with E-state index in [0.717, 1.165) is 31.2 Å². The van der Waals surface area contributed by atoms with Crippen molar-refractivity contribution in [3.63, 3.8) is 0 Å². The molecular formula is C15H23ClN4OS. The van der Waals surface area contributed by atoms with E-state index in [1.807, 2.05) is 6.92 Å². The van der Waals surface area contributed by atoms with E-state index in [4.69, 9.17) is 11.6 Å². The van der Waals surface area contributed by atoms with Gasteiger partial charge in [0.25, 0.3) is 0 Å². The number of carbonyl (C=O) groups excluding carboxylic acids is 1. The molecule has 0 spiro atoms. The number of nitrogens with zero attached hydrogens (tertiary/aromatic N) is 3. The van der Waals surface area contributed by atoms with Crippen molar-refractivity contribution < 1.29 is 4.79 Å². The summed E-state index contributed by atoms with van der Waals surface area (Å²) < 4.78 is 0. The van der Waals surface area contributed by atoms with Crippen LogP contribution in [0.3, 0.4) is 0 Å². The van der Waals surface area contributed by atoms with E-state index >= 15 is 0 Å². The molecule has 2 heterocycles. The number of nitrogens with one attached hydrogen (secondary N) is 1. The minimum Gasteiger partial charge on any atom is -0.356 e. The highest BCUT2D eigenvalue weighted by molar-refractivity contribution is 7.99. The number of amides is 1. The Kier molecular flexibility index (Phi) is 6.76. The number of piperidine rings is 1. The number of thioether (sulfide) groups is 1. The van der Waals surface area contributed by atoms with Crippen molar-refractivity contribution in [2.75, 3.05) is 30.3 Å². The Balaban J connectivity index is 1.96. The van der Waals surface area contributed by atoms with E-state index in [1.54, 1.807) is 6.07 Å². The van der Waals surface area contributed by atoms with E-state index in [2.05, 4.69) is 27.1 Å². The van der Waals surface area contributed by atoms with E-state index in [9.17, 15) is 4.79 Å². The minimum absolute atomic E-state index is 0.00349. The first-order valence-corrected chi connectivity index (χ1v) is 9.14. The molecule has 1 N–H and O–H groups in total. The van der Waals surface area contributed by atoms with Gasteiger partial charge in [-0.05, 0) is 25.2 Å². The lowest BCUT2D eigenvalue weighted by atomic mass is 9.99. The molecule has 1 aromatic rings. The third-order valence-electron chi connectivity index (χ3n) is 3.67. The second-order valence-electron chi connectivity index (χ2n) is 5.64. The predicted octanol–water partition coefficient (Wildman–Crippen LogP) is 2.98. The second-order valence-corrected chi connectivity index (χ2v) is 6.97.